The van der Waals surface area contributed by atoms with Gasteiger partial charge in [-0.2, -0.15) is 0 Å². The molecule has 2 aromatic heterocycles. The Morgan fingerprint density at radius 1 is 1.10 bits per heavy atom. The lowest BCUT2D eigenvalue weighted by atomic mass is 10.2. The fraction of sp³-hybridized carbons (Fsp3) is 0.450. The average Bonchev–Trinajstić information content (AvgIpc) is 3.06. The summed E-state index contributed by atoms with van der Waals surface area (Å²) < 4.78 is 1.98. The number of aliphatic hydroxyl groups is 1. The molecule has 7 nitrogen and oxygen atoms in total. The van der Waals surface area contributed by atoms with Crippen molar-refractivity contribution in [3.63, 3.8) is 0 Å². The molecule has 4 rings (SSSR count). The summed E-state index contributed by atoms with van der Waals surface area (Å²) >= 11 is 6.47. The molecule has 9 heteroatoms. The second-order valence-corrected chi connectivity index (χ2v) is 7.78. The first-order chi connectivity index (χ1) is 13.5. The first-order valence-electron chi connectivity index (χ1n) is 9.55. The van der Waals surface area contributed by atoms with Crippen LogP contribution in [0.5, 0.6) is 0 Å². The van der Waals surface area contributed by atoms with E-state index in [1.54, 1.807) is 0 Å². The van der Waals surface area contributed by atoms with Gasteiger partial charge in [-0.15, -0.1) is 12.4 Å². The Bertz CT molecular complexity index is 1000. The lowest BCUT2D eigenvalue weighted by Gasteiger charge is -2.33. The molecule has 3 heterocycles. The molecular formula is C20H26Cl2N6O. The fourth-order valence-electron chi connectivity index (χ4n) is 3.64. The predicted octanol–water partition coefficient (Wildman–Crippen LogP) is 3.18. The summed E-state index contributed by atoms with van der Waals surface area (Å²) in [5, 5.41) is 10.5. The molecule has 0 amide bonds. The molecule has 1 saturated heterocycles. The van der Waals surface area contributed by atoms with Gasteiger partial charge in [0, 0.05) is 31.7 Å². The lowest BCUT2D eigenvalue weighted by molar-refractivity contribution is 0.242. The highest BCUT2D eigenvalue weighted by Gasteiger charge is 2.26. The number of benzene rings is 1. The number of aliphatic hydroxyl groups excluding tert-OH is 1. The number of imidazole rings is 1. The zero-order chi connectivity index (χ0) is 19.8. The third kappa shape index (κ3) is 4.05. The van der Waals surface area contributed by atoms with Crippen LogP contribution >= 0.6 is 24.0 Å². The number of hydrogen-bond donors (Lipinski definition) is 1. The highest BCUT2D eigenvalue weighted by molar-refractivity contribution is 6.33. The molecule has 0 bridgehead atoms. The number of piperazine rings is 1. The fourth-order valence-corrected chi connectivity index (χ4v) is 3.86. The Kier molecular flexibility index (Phi) is 6.63. The van der Waals surface area contributed by atoms with Crippen LogP contribution in [-0.2, 0) is 0 Å². The molecule has 1 aromatic carbocycles. The van der Waals surface area contributed by atoms with Gasteiger partial charge in [-0.05, 0) is 33.0 Å². The molecular weight excluding hydrogens is 411 g/mol. The van der Waals surface area contributed by atoms with Crippen molar-refractivity contribution < 1.29 is 5.11 Å². The van der Waals surface area contributed by atoms with E-state index in [1.807, 2.05) is 42.7 Å². The summed E-state index contributed by atoms with van der Waals surface area (Å²) in [7, 11) is 2.13. The van der Waals surface area contributed by atoms with Crippen LogP contribution < -0.4 is 4.90 Å². The number of rotatable bonds is 4. The Balaban J connectivity index is 0.00000240. The standard InChI is InChI=1S/C20H25ClN6O.ClH/c1-13(12-28)27-18(15-6-4-5-7-16(15)21)24-17-19(22-14(2)23-20(17)27)26-10-8-25(3)9-11-26;/h4-7,13,28H,8-12H2,1-3H3;1H/t13-;/m1./s1. The molecule has 1 fully saturated rings. The van der Waals surface area contributed by atoms with Gasteiger partial charge in [-0.3, -0.25) is 0 Å². The molecule has 1 N–H and O–H groups in total. The Hall–Kier alpha value is -1.93. The van der Waals surface area contributed by atoms with Gasteiger partial charge in [-0.1, -0.05) is 23.7 Å². The number of aromatic nitrogens is 4. The lowest BCUT2D eigenvalue weighted by Crippen LogP contribution is -2.45. The number of halogens is 2. The molecule has 3 aromatic rings. The van der Waals surface area contributed by atoms with Gasteiger partial charge >= 0.3 is 0 Å². The van der Waals surface area contributed by atoms with Gasteiger partial charge in [0.2, 0.25) is 0 Å². The maximum atomic E-state index is 9.88. The minimum atomic E-state index is -0.189. The number of anilines is 1. The van der Waals surface area contributed by atoms with E-state index in [2.05, 4.69) is 21.8 Å². The van der Waals surface area contributed by atoms with Crippen molar-refractivity contribution in [2.75, 3.05) is 44.7 Å². The zero-order valence-corrected chi connectivity index (χ0v) is 18.4. The maximum Gasteiger partial charge on any atom is 0.166 e. The van der Waals surface area contributed by atoms with Gasteiger partial charge < -0.3 is 19.5 Å². The summed E-state index contributed by atoms with van der Waals surface area (Å²) in [6.07, 6.45) is 0. The van der Waals surface area contributed by atoms with Crippen molar-refractivity contribution in [2.24, 2.45) is 0 Å². The van der Waals surface area contributed by atoms with Crippen LogP contribution in [0.15, 0.2) is 24.3 Å². The normalized spacial score (nSPS) is 16.1. The highest BCUT2D eigenvalue weighted by atomic mass is 35.5. The zero-order valence-electron chi connectivity index (χ0n) is 16.8. The predicted molar refractivity (Wildman–Crippen MR) is 119 cm³/mol. The summed E-state index contributed by atoms with van der Waals surface area (Å²) in [6, 6.07) is 7.44. The molecule has 0 radical (unpaired) electrons. The van der Waals surface area contributed by atoms with Crippen LogP contribution in [0.25, 0.3) is 22.6 Å². The van der Waals surface area contributed by atoms with Gasteiger partial charge in [0.15, 0.2) is 17.0 Å². The van der Waals surface area contributed by atoms with Gasteiger partial charge in [-0.25, -0.2) is 15.0 Å². The number of nitrogens with zero attached hydrogens (tertiary/aromatic N) is 6. The van der Waals surface area contributed by atoms with E-state index >= 15 is 0 Å². The Labute approximate surface area is 181 Å². The minimum absolute atomic E-state index is 0. The molecule has 0 saturated carbocycles. The van der Waals surface area contributed by atoms with Gasteiger partial charge in [0.1, 0.15) is 11.6 Å². The Morgan fingerprint density at radius 2 is 1.79 bits per heavy atom. The van der Waals surface area contributed by atoms with E-state index in [-0.39, 0.29) is 25.1 Å². The first kappa shape index (κ1) is 21.8. The van der Waals surface area contributed by atoms with Crippen LogP contribution in [0.2, 0.25) is 5.02 Å². The van der Waals surface area contributed by atoms with E-state index in [0.29, 0.717) is 16.7 Å². The van der Waals surface area contributed by atoms with E-state index in [4.69, 9.17) is 21.6 Å². The van der Waals surface area contributed by atoms with Crippen molar-refractivity contribution in [3.8, 4) is 11.4 Å². The van der Waals surface area contributed by atoms with E-state index < -0.39 is 0 Å². The van der Waals surface area contributed by atoms with Crippen LogP contribution in [0.1, 0.15) is 18.8 Å². The topological polar surface area (TPSA) is 70.3 Å². The van der Waals surface area contributed by atoms with E-state index in [0.717, 1.165) is 48.7 Å². The monoisotopic (exact) mass is 436 g/mol. The summed E-state index contributed by atoms with van der Waals surface area (Å²) in [5.41, 5.74) is 2.31. The number of likely N-dealkylation sites (N-methyl/N-ethyl adjacent to an activating group) is 1. The van der Waals surface area contributed by atoms with E-state index in [9.17, 15) is 5.11 Å². The van der Waals surface area contributed by atoms with Crippen molar-refractivity contribution in [1.29, 1.82) is 0 Å². The maximum absolute atomic E-state index is 9.88. The molecule has 1 aliphatic rings. The second-order valence-electron chi connectivity index (χ2n) is 7.37. The molecule has 0 aliphatic carbocycles. The van der Waals surface area contributed by atoms with Crippen LogP contribution in [0, 0.1) is 6.92 Å². The number of aryl methyl sites for hydroxylation is 1. The largest absolute Gasteiger partial charge is 0.394 e. The molecule has 1 atom stereocenters. The van der Waals surface area contributed by atoms with Crippen LogP contribution in [0.4, 0.5) is 5.82 Å². The molecule has 0 spiro atoms. The third-order valence-electron chi connectivity index (χ3n) is 5.26. The molecule has 29 heavy (non-hydrogen) atoms. The number of fused-ring (bicyclic) bond motifs is 1. The average molecular weight is 437 g/mol. The minimum Gasteiger partial charge on any atom is -0.394 e. The van der Waals surface area contributed by atoms with Crippen molar-refractivity contribution in [1.82, 2.24) is 24.4 Å². The number of hydrogen-bond acceptors (Lipinski definition) is 6. The Morgan fingerprint density at radius 3 is 2.45 bits per heavy atom. The summed E-state index contributed by atoms with van der Waals surface area (Å²) in [5.74, 6) is 2.25. The summed E-state index contributed by atoms with van der Waals surface area (Å²) in [4.78, 5) is 18.9. The van der Waals surface area contributed by atoms with E-state index in [1.165, 1.54) is 0 Å². The van der Waals surface area contributed by atoms with Crippen molar-refractivity contribution in [2.45, 2.75) is 19.9 Å². The smallest absolute Gasteiger partial charge is 0.166 e. The van der Waals surface area contributed by atoms with Crippen molar-refractivity contribution in [3.05, 3.63) is 35.1 Å². The quantitative estimate of drug-likeness (QED) is 0.676. The SMILES string of the molecule is Cc1nc(N2CCN(C)CC2)c2nc(-c3ccccc3Cl)n([C@H](C)CO)c2n1.Cl. The van der Waals surface area contributed by atoms with Gasteiger partial charge in [0.25, 0.3) is 0 Å². The molecule has 156 valence electrons. The van der Waals surface area contributed by atoms with Crippen LogP contribution in [0.3, 0.4) is 0 Å². The molecule has 0 unspecified atom stereocenters. The second kappa shape index (κ2) is 8.83. The van der Waals surface area contributed by atoms with Crippen LogP contribution in [-0.4, -0.2) is 69.4 Å². The summed E-state index contributed by atoms with van der Waals surface area (Å²) in [6.45, 7) is 7.59. The van der Waals surface area contributed by atoms with Gasteiger partial charge in [0.05, 0.1) is 17.7 Å². The third-order valence-corrected chi connectivity index (χ3v) is 5.59. The highest BCUT2D eigenvalue weighted by Crippen LogP contribution is 2.34. The first-order valence-corrected chi connectivity index (χ1v) is 9.93. The molecule has 1 aliphatic heterocycles. The van der Waals surface area contributed by atoms with Crippen molar-refractivity contribution >= 4 is 41.0 Å².